The van der Waals surface area contributed by atoms with Gasteiger partial charge in [0.25, 0.3) is 5.69 Å². The lowest BCUT2D eigenvalue weighted by atomic mass is 10.2. The molecule has 0 bridgehead atoms. The molecule has 2 heterocycles. The summed E-state index contributed by atoms with van der Waals surface area (Å²) in [6.07, 6.45) is 1.17. The van der Waals surface area contributed by atoms with Crippen LogP contribution in [0.5, 0.6) is 0 Å². The van der Waals surface area contributed by atoms with Gasteiger partial charge in [0.15, 0.2) is 0 Å². The van der Waals surface area contributed by atoms with Gasteiger partial charge in [-0.05, 0) is 12.5 Å². The van der Waals surface area contributed by atoms with E-state index < -0.39 is 4.92 Å². The predicted octanol–water partition coefficient (Wildman–Crippen LogP) is 0.322. The van der Waals surface area contributed by atoms with Crippen molar-refractivity contribution >= 4 is 11.5 Å². The number of nitrogens with zero attached hydrogens (tertiary/aromatic N) is 3. The molecule has 18 heavy (non-hydrogen) atoms. The smallest absolute Gasteiger partial charge is 0.340 e. The van der Waals surface area contributed by atoms with Gasteiger partial charge in [0.1, 0.15) is 17.8 Å². The first-order chi connectivity index (χ1) is 8.56. The fourth-order valence-electron chi connectivity index (χ4n) is 1.40. The number of rotatable bonds is 4. The number of hydrogen-bond acceptors (Lipinski definition) is 6. The van der Waals surface area contributed by atoms with Gasteiger partial charge in [-0.1, -0.05) is 0 Å². The number of nitro groups is 1. The van der Waals surface area contributed by atoms with Crippen molar-refractivity contribution in [1.29, 1.82) is 0 Å². The van der Waals surface area contributed by atoms with Crippen molar-refractivity contribution in [1.82, 2.24) is 20.2 Å². The summed E-state index contributed by atoms with van der Waals surface area (Å²) in [5.74, 6) is 0.934. The Balaban J connectivity index is 2.10. The van der Waals surface area contributed by atoms with Gasteiger partial charge in [0.2, 0.25) is 0 Å². The Morgan fingerprint density at radius 1 is 1.56 bits per heavy atom. The van der Waals surface area contributed by atoms with E-state index in [0.29, 0.717) is 17.2 Å². The maximum absolute atomic E-state index is 10.8. The summed E-state index contributed by atoms with van der Waals surface area (Å²) in [6.45, 7) is 1.97. The Kier molecular flexibility index (Phi) is 3.04. The van der Waals surface area contributed by atoms with Crippen molar-refractivity contribution in [2.24, 2.45) is 0 Å². The molecule has 3 N–H and O–H groups in total. The zero-order valence-electron chi connectivity index (χ0n) is 9.43. The normalized spacial score (nSPS) is 10.3. The van der Waals surface area contributed by atoms with Crippen molar-refractivity contribution < 1.29 is 4.92 Å². The lowest BCUT2D eigenvalue weighted by Gasteiger charge is -2.05. The summed E-state index contributed by atoms with van der Waals surface area (Å²) < 4.78 is 0. The Labute approximate surface area is 100 Å². The van der Waals surface area contributed by atoms with Crippen LogP contribution in [0, 0.1) is 17.0 Å². The van der Waals surface area contributed by atoms with Crippen LogP contribution in [0.4, 0.5) is 11.5 Å². The monoisotopic (exact) mass is 250 g/mol. The first kappa shape index (κ1) is 11.8. The van der Waals surface area contributed by atoms with Crippen LogP contribution in [-0.2, 0) is 6.54 Å². The molecule has 0 amide bonds. The third kappa shape index (κ3) is 2.51. The standard InChI is InChI=1S/C9H10N6O3/c1-5-2-6(15(17)18)3-10-8(5)11-4-7-12-9(16)14-13-7/h2-3H,4H2,1H3,(H,10,11)(H2,12,13,14,16). The minimum atomic E-state index is -0.505. The highest BCUT2D eigenvalue weighted by Gasteiger charge is 2.09. The van der Waals surface area contributed by atoms with E-state index in [9.17, 15) is 14.9 Å². The molecule has 0 radical (unpaired) electrons. The highest BCUT2D eigenvalue weighted by atomic mass is 16.6. The molecule has 0 saturated heterocycles. The SMILES string of the molecule is Cc1cc([N+](=O)[O-])cnc1NCc1n[nH]c(=O)[nH]1. The zero-order chi connectivity index (χ0) is 13.1. The molecule has 94 valence electrons. The lowest BCUT2D eigenvalue weighted by Crippen LogP contribution is -2.06. The number of hydrogen-bond donors (Lipinski definition) is 3. The summed E-state index contributed by atoms with van der Waals surface area (Å²) in [6, 6.07) is 1.42. The molecule has 2 aromatic heterocycles. The van der Waals surface area contributed by atoms with Crippen molar-refractivity contribution in [2.75, 3.05) is 5.32 Å². The van der Waals surface area contributed by atoms with Gasteiger partial charge in [-0.2, -0.15) is 5.10 Å². The topological polar surface area (TPSA) is 130 Å². The maximum atomic E-state index is 10.8. The lowest BCUT2D eigenvalue weighted by molar-refractivity contribution is -0.385. The number of nitrogens with one attached hydrogen (secondary N) is 3. The number of pyridine rings is 1. The quantitative estimate of drug-likeness (QED) is 0.529. The van der Waals surface area contributed by atoms with Gasteiger partial charge in [-0.15, -0.1) is 0 Å². The second-order valence-electron chi connectivity index (χ2n) is 3.59. The Morgan fingerprint density at radius 3 is 2.89 bits per heavy atom. The average Bonchev–Trinajstić information content (AvgIpc) is 2.73. The number of aromatic amines is 2. The average molecular weight is 250 g/mol. The second-order valence-corrected chi connectivity index (χ2v) is 3.59. The van der Waals surface area contributed by atoms with E-state index in [2.05, 4.69) is 25.5 Å². The van der Waals surface area contributed by atoms with Crippen molar-refractivity contribution in [3.05, 3.63) is 44.2 Å². The summed E-state index contributed by atoms with van der Waals surface area (Å²) in [5, 5.41) is 19.4. The molecule has 0 aliphatic heterocycles. The molecule has 0 spiro atoms. The summed E-state index contributed by atoms with van der Waals surface area (Å²) >= 11 is 0. The first-order valence-electron chi connectivity index (χ1n) is 5.05. The Morgan fingerprint density at radius 2 is 2.33 bits per heavy atom. The predicted molar refractivity (Wildman–Crippen MR) is 62.2 cm³/mol. The molecular weight excluding hydrogens is 240 g/mol. The fourth-order valence-corrected chi connectivity index (χ4v) is 1.40. The molecule has 2 aromatic rings. The van der Waals surface area contributed by atoms with E-state index in [1.807, 2.05) is 0 Å². The van der Waals surface area contributed by atoms with Gasteiger partial charge in [-0.25, -0.2) is 14.9 Å². The minimum absolute atomic E-state index is 0.0637. The van der Waals surface area contributed by atoms with Gasteiger partial charge < -0.3 is 5.32 Å². The van der Waals surface area contributed by atoms with Crippen LogP contribution in [-0.4, -0.2) is 25.1 Å². The molecule has 0 atom stereocenters. The molecule has 0 aliphatic rings. The Hall–Kier alpha value is -2.71. The molecule has 9 heteroatoms. The first-order valence-corrected chi connectivity index (χ1v) is 5.05. The summed E-state index contributed by atoms with van der Waals surface area (Å²) in [5.41, 5.74) is 0.188. The van der Waals surface area contributed by atoms with Gasteiger partial charge in [0, 0.05) is 6.07 Å². The highest BCUT2D eigenvalue weighted by molar-refractivity contribution is 5.48. The zero-order valence-corrected chi connectivity index (χ0v) is 9.43. The molecule has 0 unspecified atom stereocenters. The minimum Gasteiger partial charge on any atom is -0.363 e. The van der Waals surface area contributed by atoms with Crippen LogP contribution in [0.2, 0.25) is 0 Å². The third-order valence-corrected chi connectivity index (χ3v) is 2.25. The van der Waals surface area contributed by atoms with E-state index in [4.69, 9.17) is 0 Å². The molecule has 2 rings (SSSR count). The maximum Gasteiger partial charge on any atom is 0.340 e. The number of H-pyrrole nitrogens is 2. The van der Waals surface area contributed by atoms with Crippen LogP contribution < -0.4 is 11.0 Å². The molecule has 0 aromatic carbocycles. The molecular formula is C9H10N6O3. The van der Waals surface area contributed by atoms with Crippen LogP contribution in [0.15, 0.2) is 17.1 Å². The molecule has 0 saturated carbocycles. The second kappa shape index (κ2) is 4.65. The molecule has 0 fully saturated rings. The van der Waals surface area contributed by atoms with Gasteiger partial charge >= 0.3 is 5.69 Å². The van der Waals surface area contributed by atoms with E-state index in [1.54, 1.807) is 6.92 Å². The van der Waals surface area contributed by atoms with E-state index in [1.165, 1.54) is 12.3 Å². The number of aryl methyl sites for hydroxylation is 1. The largest absolute Gasteiger partial charge is 0.363 e. The van der Waals surface area contributed by atoms with Crippen LogP contribution >= 0.6 is 0 Å². The third-order valence-electron chi connectivity index (χ3n) is 2.25. The van der Waals surface area contributed by atoms with Gasteiger partial charge in [-0.3, -0.25) is 15.1 Å². The van der Waals surface area contributed by atoms with E-state index in [0.717, 1.165) is 0 Å². The Bertz CT molecular complexity index is 631. The van der Waals surface area contributed by atoms with Crippen LogP contribution in [0.25, 0.3) is 0 Å². The fraction of sp³-hybridized carbons (Fsp3) is 0.222. The molecule has 0 aliphatic carbocycles. The summed E-state index contributed by atoms with van der Waals surface area (Å²) in [7, 11) is 0. The van der Waals surface area contributed by atoms with E-state index >= 15 is 0 Å². The van der Waals surface area contributed by atoms with Gasteiger partial charge in [0.05, 0.1) is 11.5 Å². The highest BCUT2D eigenvalue weighted by Crippen LogP contribution is 2.17. The number of aromatic nitrogens is 4. The molecule has 9 nitrogen and oxygen atoms in total. The van der Waals surface area contributed by atoms with Crippen LogP contribution in [0.1, 0.15) is 11.4 Å². The van der Waals surface area contributed by atoms with Crippen molar-refractivity contribution in [2.45, 2.75) is 13.5 Å². The van der Waals surface area contributed by atoms with E-state index in [-0.39, 0.29) is 17.9 Å². The van der Waals surface area contributed by atoms with Crippen molar-refractivity contribution in [3.63, 3.8) is 0 Å². The van der Waals surface area contributed by atoms with Crippen LogP contribution in [0.3, 0.4) is 0 Å². The summed E-state index contributed by atoms with van der Waals surface area (Å²) in [4.78, 5) is 27.2. The van der Waals surface area contributed by atoms with Crippen molar-refractivity contribution in [3.8, 4) is 0 Å². The number of anilines is 1.